The van der Waals surface area contributed by atoms with Gasteiger partial charge in [0.25, 0.3) is 5.91 Å². The van der Waals surface area contributed by atoms with Gasteiger partial charge in [-0.15, -0.1) is 0 Å². The third-order valence-electron chi connectivity index (χ3n) is 7.21. The average molecular weight is 529 g/mol. The zero-order valence-electron chi connectivity index (χ0n) is 24.1. The van der Waals surface area contributed by atoms with Crippen LogP contribution in [0, 0.1) is 5.92 Å². The van der Waals surface area contributed by atoms with Crippen LogP contribution in [0.3, 0.4) is 0 Å². The second kappa shape index (κ2) is 15.4. The summed E-state index contributed by atoms with van der Waals surface area (Å²) in [5, 5.41) is 12.0. The number of fused-ring (bicyclic) bond motifs is 1. The normalized spacial score (nSPS) is 19.7. The average Bonchev–Trinajstić information content (AvgIpc) is 3.00. The third kappa shape index (κ3) is 8.50. The minimum atomic E-state index is -0.437. The molecule has 4 amide bonds. The predicted octanol–water partition coefficient (Wildman–Crippen LogP) is 5.69. The number of carbonyl (C=O) groups is 3. The van der Waals surface area contributed by atoms with E-state index in [1.807, 2.05) is 0 Å². The number of nitrogens with one attached hydrogen (secondary N) is 1. The maximum atomic E-state index is 12.4. The Kier molecular flexibility index (Phi) is 12.6. The summed E-state index contributed by atoms with van der Waals surface area (Å²) < 4.78 is 0. The Morgan fingerprint density at radius 2 is 1.61 bits per heavy atom. The molecule has 1 saturated carbocycles. The lowest BCUT2D eigenvalue weighted by Crippen LogP contribution is -2.50. The molecule has 1 unspecified atom stereocenters. The number of aromatic hydroxyl groups is 1. The van der Waals surface area contributed by atoms with Crippen LogP contribution in [0.1, 0.15) is 101 Å². The monoisotopic (exact) mass is 528 g/mol. The molecular weight excluding hydrogens is 480 g/mol. The molecule has 2 heterocycles. The number of benzene rings is 1. The molecule has 2 aliphatic heterocycles. The molecule has 2 N–H and O–H groups in total. The second-order valence-corrected chi connectivity index (χ2v) is 10.5. The van der Waals surface area contributed by atoms with Gasteiger partial charge in [-0.2, -0.15) is 0 Å². The van der Waals surface area contributed by atoms with E-state index in [2.05, 4.69) is 42.5 Å². The molecule has 0 spiro atoms. The van der Waals surface area contributed by atoms with E-state index in [0.717, 1.165) is 56.8 Å². The number of piperazine rings is 1. The number of carbonyl (C=O) groups excluding carboxylic acids is 3. The summed E-state index contributed by atoms with van der Waals surface area (Å²) in [5.74, 6) is 0.342. The van der Waals surface area contributed by atoms with Crippen molar-refractivity contribution in [3.8, 4) is 5.75 Å². The van der Waals surface area contributed by atoms with Crippen LogP contribution in [-0.2, 0) is 4.79 Å². The first kappa shape index (κ1) is 31.2. The molecule has 4 rings (SSSR count). The van der Waals surface area contributed by atoms with E-state index in [0.29, 0.717) is 23.0 Å². The van der Waals surface area contributed by atoms with E-state index in [-0.39, 0.29) is 11.8 Å². The molecule has 0 radical (unpaired) electrons. The fourth-order valence-corrected chi connectivity index (χ4v) is 5.04. The maximum Gasteiger partial charge on any atom is 0.324 e. The van der Waals surface area contributed by atoms with Gasteiger partial charge in [0, 0.05) is 50.4 Å². The van der Waals surface area contributed by atoms with Crippen molar-refractivity contribution in [3.63, 3.8) is 0 Å². The summed E-state index contributed by atoms with van der Waals surface area (Å²) >= 11 is 0. The minimum Gasteiger partial charge on any atom is -0.508 e. The summed E-state index contributed by atoms with van der Waals surface area (Å²) in [7, 11) is 1.41. The fraction of sp³-hybridized carbons (Fsp3) is 0.633. The van der Waals surface area contributed by atoms with Crippen molar-refractivity contribution >= 4 is 17.8 Å². The smallest absolute Gasteiger partial charge is 0.324 e. The fourth-order valence-electron chi connectivity index (χ4n) is 5.04. The Morgan fingerprint density at radius 3 is 2.18 bits per heavy atom. The lowest BCUT2D eigenvalue weighted by atomic mass is 9.88. The van der Waals surface area contributed by atoms with Crippen molar-refractivity contribution in [1.29, 1.82) is 0 Å². The van der Waals surface area contributed by atoms with Crippen LogP contribution in [0.4, 0.5) is 4.79 Å². The van der Waals surface area contributed by atoms with E-state index in [9.17, 15) is 19.5 Å². The Labute approximate surface area is 229 Å². The molecule has 1 saturated heterocycles. The highest BCUT2D eigenvalue weighted by atomic mass is 16.3. The lowest BCUT2D eigenvalue weighted by molar-refractivity contribution is -0.138. The van der Waals surface area contributed by atoms with E-state index in [1.165, 1.54) is 50.6 Å². The maximum absolute atomic E-state index is 12.4. The van der Waals surface area contributed by atoms with E-state index in [1.54, 1.807) is 13.0 Å². The number of hydrogen-bond acceptors (Lipinski definition) is 5. The van der Waals surface area contributed by atoms with Gasteiger partial charge in [0.05, 0.1) is 6.04 Å². The van der Waals surface area contributed by atoms with Gasteiger partial charge in [0.1, 0.15) is 5.75 Å². The second-order valence-electron chi connectivity index (χ2n) is 10.5. The van der Waals surface area contributed by atoms with Gasteiger partial charge in [-0.25, -0.2) is 4.79 Å². The van der Waals surface area contributed by atoms with Crippen LogP contribution in [0.5, 0.6) is 5.75 Å². The first-order valence-electron chi connectivity index (χ1n) is 14.3. The summed E-state index contributed by atoms with van der Waals surface area (Å²) in [6, 6.07) is 3.84. The van der Waals surface area contributed by atoms with Crippen molar-refractivity contribution in [3.05, 3.63) is 41.6 Å². The molecule has 1 aliphatic carbocycles. The quantitative estimate of drug-likeness (QED) is 0.524. The number of allylic oxidation sites excluding steroid dienone is 1. The van der Waals surface area contributed by atoms with E-state index < -0.39 is 11.9 Å². The third-order valence-corrected chi connectivity index (χ3v) is 7.21. The highest BCUT2D eigenvalue weighted by Crippen LogP contribution is 2.27. The first-order chi connectivity index (χ1) is 18.1. The Morgan fingerprint density at radius 1 is 1.03 bits per heavy atom. The number of rotatable bonds is 4. The highest BCUT2D eigenvalue weighted by molar-refractivity contribution is 6.06. The summed E-state index contributed by atoms with van der Waals surface area (Å²) in [4.78, 5) is 41.3. The number of nitrogens with zero attached hydrogens (tertiary/aromatic N) is 3. The van der Waals surface area contributed by atoms with Crippen LogP contribution in [-0.4, -0.2) is 70.9 Å². The lowest BCUT2D eigenvalue weighted by Gasteiger charge is -2.39. The van der Waals surface area contributed by atoms with Crippen molar-refractivity contribution in [2.75, 3.05) is 33.2 Å². The number of hydrogen-bond donors (Lipinski definition) is 2. The van der Waals surface area contributed by atoms with Crippen LogP contribution in [0.25, 0.3) is 0 Å². The van der Waals surface area contributed by atoms with Gasteiger partial charge < -0.3 is 20.2 Å². The Balaban J connectivity index is 0.000000245. The van der Waals surface area contributed by atoms with Crippen molar-refractivity contribution in [2.45, 2.75) is 85.1 Å². The summed E-state index contributed by atoms with van der Waals surface area (Å²) in [5.41, 5.74) is 2.31. The molecule has 0 bridgehead atoms. The molecule has 1 aromatic carbocycles. The number of urea groups is 1. The van der Waals surface area contributed by atoms with E-state index >= 15 is 0 Å². The van der Waals surface area contributed by atoms with Gasteiger partial charge in [0.2, 0.25) is 5.91 Å². The molecule has 2 fully saturated rings. The molecule has 8 nitrogen and oxygen atoms in total. The van der Waals surface area contributed by atoms with Crippen molar-refractivity contribution in [1.82, 2.24) is 20.0 Å². The molecule has 8 heteroatoms. The standard InChI is InChI=1S/C16H28N2O.C11H12N2O3.C3H8/c1-3-7-14(2)17-10-12-18(13-11-17)16(19)15-8-5-4-6-9-15;1-6-8-4-3-7(14)5-9(8)10(15)13(2)11(16)12-6;1-3-2/h15H,2-13H2,1H3;3-6,14H,1-2H3,(H,12,16);3H2,1-2H3. The number of imide groups is 1. The Hall–Kier alpha value is -3.03. The molecule has 3 aliphatic rings. The summed E-state index contributed by atoms with van der Waals surface area (Å²) in [6.45, 7) is 16.1. The van der Waals surface area contributed by atoms with Crippen molar-refractivity contribution in [2.24, 2.45) is 5.92 Å². The van der Waals surface area contributed by atoms with Gasteiger partial charge in [-0.3, -0.25) is 14.5 Å². The largest absolute Gasteiger partial charge is 0.508 e. The molecule has 1 aromatic rings. The number of phenolic OH excluding ortho intramolecular Hbond substituents is 1. The number of amides is 4. The van der Waals surface area contributed by atoms with Gasteiger partial charge in [-0.05, 0) is 43.9 Å². The topological polar surface area (TPSA) is 93.2 Å². The van der Waals surface area contributed by atoms with Crippen LogP contribution < -0.4 is 5.32 Å². The molecule has 1 atom stereocenters. The van der Waals surface area contributed by atoms with Crippen LogP contribution >= 0.6 is 0 Å². The van der Waals surface area contributed by atoms with Crippen molar-refractivity contribution < 1.29 is 19.5 Å². The molecule has 38 heavy (non-hydrogen) atoms. The van der Waals surface area contributed by atoms with Gasteiger partial charge >= 0.3 is 6.03 Å². The Bertz CT molecular complexity index is 950. The molecule has 0 aromatic heterocycles. The molecule has 212 valence electrons. The van der Waals surface area contributed by atoms with Crippen LogP contribution in [0.15, 0.2) is 30.5 Å². The zero-order chi connectivity index (χ0) is 28.2. The highest BCUT2D eigenvalue weighted by Gasteiger charge is 2.29. The SMILES string of the molecule is C=C(CCC)N1CCN(C(=O)C2CCCCC2)CC1.CC1NC(=O)N(C)C(=O)c2cc(O)ccc21.CCC. The minimum absolute atomic E-state index is 0.0158. The molecular formula is C30H48N4O4. The summed E-state index contributed by atoms with van der Waals surface area (Å²) in [6.07, 6.45) is 9.50. The zero-order valence-corrected chi connectivity index (χ0v) is 24.1. The predicted molar refractivity (Wildman–Crippen MR) is 152 cm³/mol. The number of phenols is 1. The van der Waals surface area contributed by atoms with E-state index in [4.69, 9.17) is 0 Å². The van der Waals surface area contributed by atoms with Crippen LogP contribution in [0.2, 0.25) is 0 Å². The first-order valence-corrected chi connectivity index (χ1v) is 14.3. The van der Waals surface area contributed by atoms with Gasteiger partial charge in [0.15, 0.2) is 0 Å². The van der Waals surface area contributed by atoms with Gasteiger partial charge in [-0.1, -0.05) is 65.5 Å².